The van der Waals surface area contributed by atoms with Crippen LogP contribution in [0.1, 0.15) is 52.6 Å². The first-order valence-electron chi connectivity index (χ1n) is 12.5. The van der Waals surface area contributed by atoms with Gasteiger partial charge in [0.25, 0.3) is 17.7 Å². The Morgan fingerprint density at radius 1 is 1.10 bits per heavy atom. The van der Waals surface area contributed by atoms with Crippen LogP contribution in [0.5, 0.6) is 0 Å². The first-order chi connectivity index (χ1) is 18.7. The number of hydrogen-bond acceptors (Lipinski definition) is 6. The van der Waals surface area contributed by atoms with Crippen molar-refractivity contribution in [3.05, 3.63) is 92.4 Å². The van der Waals surface area contributed by atoms with Crippen molar-refractivity contribution >= 4 is 46.0 Å². The number of carbonyl (C=O) groups is 4. The van der Waals surface area contributed by atoms with Crippen molar-refractivity contribution in [1.29, 1.82) is 0 Å². The molecule has 3 heterocycles. The average molecular weight is 546 g/mol. The molecule has 5 rings (SSSR count). The van der Waals surface area contributed by atoms with Crippen LogP contribution in [0, 0.1) is 13.8 Å². The molecular weight excluding hydrogens is 518 g/mol. The molecule has 1 aliphatic heterocycles. The maximum absolute atomic E-state index is 13.2. The van der Waals surface area contributed by atoms with E-state index in [9.17, 15) is 24.3 Å². The van der Waals surface area contributed by atoms with Gasteiger partial charge in [0.2, 0.25) is 0 Å². The quantitative estimate of drug-likeness (QED) is 0.323. The van der Waals surface area contributed by atoms with Crippen LogP contribution in [0.4, 0.5) is 0 Å². The van der Waals surface area contributed by atoms with Gasteiger partial charge in [-0.3, -0.25) is 14.4 Å². The normalized spacial score (nSPS) is 13.5. The fourth-order valence-electron chi connectivity index (χ4n) is 5.04. The van der Waals surface area contributed by atoms with Gasteiger partial charge < -0.3 is 25.1 Å². The number of nitrogens with zero attached hydrogens (tertiary/aromatic N) is 1. The number of fused-ring (bicyclic) bond motifs is 2. The average Bonchev–Trinajstić information content (AvgIpc) is 3.62. The number of aliphatic carboxylic acids is 1. The number of benzene rings is 2. The Labute approximate surface area is 228 Å². The Morgan fingerprint density at radius 3 is 2.67 bits per heavy atom. The Morgan fingerprint density at radius 2 is 1.92 bits per heavy atom. The fourth-order valence-corrected chi connectivity index (χ4v) is 5.68. The van der Waals surface area contributed by atoms with Crippen LogP contribution < -0.4 is 10.6 Å². The standard InChI is InChI=1S/C29H27N3O6S/c1-16-12-20-15-32(28(35)19-6-5-18-8-10-38-23(18)13-19)9-7-21(20)17(2)25(16)27(34)31-22(29(36)37)14-30-26(33)24-4-3-11-39-24/h3-6,8,10-13,22H,7,9,14-15H2,1-2H3,(H,30,33)(H,31,34)(H,36,37)/t22-/m0/s1. The van der Waals surface area contributed by atoms with E-state index in [0.29, 0.717) is 46.7 Å². The zero-order chi connectivity index (χ0) is 27.7. The maximum Gasteiger partial charge on any atom is 0.328 e. The highest BCUT2D eigenvalue weighted by atomic mass is 32.1. The smallest absolute Gasteiger partial charge is 0.328 e. The lowest BCUT2D eigenvalue weighted by Gasteiger charge is -2.31. The maximum atomic E-state index is 13.2. The molecule has 0 radical (unpaired) electrons. The van der Waals surface area contributed by atoms with Gasteiger partial charge in [0.1, 0.15) is 11.6 Å². The van der Waals surface area contributed by atoms with Crippen LogP contribution in [0.15, 0.2) is 58.5 Å². The van der Waals surface area contributed by atoms with E-state index in [1.807, 2.05) is 25.1 Å². The summed E-state index contributed by atoms with van der Waals surface area (Å²) < 4.78 is 5.44. The van der Waals surface area contributed by atoms with Gasteiger partial charge >= 0.3 is 5.97 Å². The monoisotopic (exact) mass is 545 g/mol. The second-order valence-corrected chi connectivity index (χ2v) is 10.5. The van der Waals surface area contributed by atoms with Crippen molar-refractivity contribution in [2.45, 2.75) is 32.9 Å². The lowest BCUT2D eigenvalue weighted by Crippen LogP contribution is -2.48. The Hall–Kier alpha value is -4.44. The number of rotatable bonds is 7. The number of nitrogens with one attached hydrogen (secondary N) is 2. The number of amides is 3. The minimum Gasteiger partial charge on any atom is -0.480 e. The summed E-state index contributed by atoms with van der Waals surface area (Å²) in [5.41, 5.74) is 5.00. The molecule has 0 fully saturated rings. The van der Waals surface area contributed by atoms with Crippen LogP contribution in [0.3, 0.4) is 0 Å². The van der Waals surface area contributed by atoms with E-state index in [0.717, 1.165) is 22.1 Å². The molecule has 2 aromatic heterocycles. The Bertz CT molecular complexity index is 1590. The number of furan rings is 1. The highest BCUT2D eigenvalue weighted by Crippen LogP contribution is 2.29. The summed E-state index contributed by atoms with van der Waals surface area (Å²) >= 11 is 1.24. The predicted octanol–water partition coefficient (Wildman–Crippen LogP) is 3.92. The van der Waals surface area contributed by atoms with E-state index >= 15 is 0 Å². The molecule has 0 spiro atoms. The molecule has 0 bridgehead atoms. The summed E-state index contributed by atoms with van der Waals surface area (Å²) in [6, 6.07) is 11.2. The van der Waals surface area contributed by atoms with Crippen LogP contribution in [0.2, 0.25) is 0 Å². The molecule has 0 aliphatic carbocycles. The number of carboxylic acids is 1. The van der Waals surface area contributed by atoms with E-state index in [4.69, 9.17) is 4.42 Å². The Kier molecular flexibility index (Phi) is 7.21. The third-order valence-corrected chi connectivity index (χ3v) is 7.89. The number of hydrogen-bond donors (Lipinski definition) is 3. The van der Waals surface area contributed by atoms with E-state index in [2.05, 4.69) is 10.6 Å². The van der Waals surface area contributed by atoms with Gasteiger partial charge in [-0.25, -0.2) is 4.79 Å². The SMILES string of the molecule is Cc1cc2c(c(C)c1C(=O)N[C@@H](CNC(=O)c1cccs1)C(=O)O)CCN(C(=O)c1ccc3ccoc3c1)C2. The van der Waals surface area contributed by atoms with Crippen LogP contribution in [0.25, 0.3) is 11.0 Å². The van der Waals surface area contributed by atoms with Crippen molar-refractivity contribution < 1.29 is 28.7 Å². The highest BCUT2D eigenvalue weighted by Gasteiger charge is 2.28. The summed E-state index contributed by atoms with van der Waals surface area (Å²) in [4.78, 5) is 52.8. The van der Waals surface area contributed by atoms with Gasteiger partial charge in [0, 0.05) is 36.1 Å². The number of thiophene rings is 1. The first-order valence-corrected chi connectivity index (χ1v) is 13.3. The molecular formula is C29H27N3O6S. The highest BCUT2D eigenvalue weighted by molar-refractivity contribution is 7.12. The molecule has 3 amide bonds. The molecule has 200 valence electrons. The van der Waals surface area contributed by atoms with Gasteiger partial charge in [0.05, 0.1) is 11.1 Å². The first kappa shape index (κ1) is 26.2. The van der Waals surface area contributed by atoms with Crippen molar-refractivity contribution in [2.75, 3.05) is 13.1 Å². The van der Waals surface area contributed by atoms with Gasteiger partial charge in [-0.15, -0.1) is 11.3 Å². The van der Waals surface area contributed by atoms with Crippen molar-refractivity contribution in [3.8, 4) is 0 Å². The van der Waals surface area contributed by atoms with E-state index in [1.54, 1.807) is 47.7 Å². The molecule has 0 saturated heterocycles. The molecule has 3 N–H and O–H groups in total. The van der Waals surface area contributed by atoms with E-state index < -0.39 is 23.8 Å². The molecule has 9 nitrogen and oxygen atoms in total. The summed E-state index contributed by atoms with van der Waals surface area (Å²) in [5, 5.41) is 17.5. The molecule has 0 saturated carbocycles. The fraction of sp³-hybridized carbons (Fsp3) is 0.241. The van der Waals surface area contributed by atoms with Crippen molar-refractivity contribution in [2.24, 2.45) is 0 Å². The van der Waals surface area contributed by atoms with Gasteiger partial charge in [-0.1, -0.05) is 18.2 Å². The van der Waals surface area contributed by atoms with E-state index in [1.165, 1.54) is 11.3 Å². The lowest BCUT2D eigenvalue weighted by molar-refractivity contribution is -0.139. The van der Waals surface area contributed by atoms with Crippen molar-refractivity contribution in [3.63, 3.8) is 0 Å². The van der Waals surface area contributed by atoms with Gasteiger partial charge in [0.15, 0.2) is 0 Å². The molecule has 0 unspecified atom stereocenters. The zero-order valence-electron chi connectivity index (χ0n) is 21.4. The number of carbonyl (C=O) groups excluding carboxylic acids is 3. The number of carboxylic acid groups (broad SMARTS) is 1. The van der Waals surface area contributed by atoms with Crippen LogP contribution >= 0.6 is 11.3 Å². The minimum atomic E-state index is -1.30. The second-order valence-electron chi connectivity index (χ2n) is 9.53. The Balaban J connectivity index is 1.30. The molecule has 10 heteroatoms. The summed E-state index contributed by atoms with van der Waals surface area (Å²) in [6.07, 6.45) is 2.16. The summed E-state index contributed by atoms with van der Waals surface area (Å²) in [6.45, 7) is 4.28. The zero-order valence-corrected chi connectivity index (χ0v) is 22.3. The molecule has 1 atom stereocenters. The molecule has 1 aliphatic rings. The second kappa shape index (κ2) is 10.7. The molecule has 2 aromatic carbocycles. The topological polar surface area (TPSA) is 129 Å². The minimum absolute atomic E-state index is 0.0926. The van der Waals surface area contributed by atoms with Gasteiger partial charge in [-0.2, -0.15) is 0 Å². The van der Waals surface area contributed by atoms with Crippen LogP contribution in [-0.4, -0.2) is 52.8 Å². The van der Waals surface area contributed by atoms with Crippen molar-refractivity contribution in [1.82, 2.24) is 15.5 Å². The molecule has 4 aromatic rings. The van der Waals surface area contributed by atoms with Crippen LogP contribution in [-0.2, 0) is 17.8 Å². The predicted molar refractivity (Wildman–Crippen MR) is 146 cm³/mol. The largest absolute Gasteiger partial charge is 0.480 e. The lowest BCUT2D eigenvalue weighted by atomic mass is 9.88. The summed E-state index contributed by atoms with van der Waals surface area (Å²) in [7, 11) is 0. The van der Waals surface area contributed by atoms with E-state index in [-0.39, 0.29) is 12.5 Å². The number of aryl methyl sites for hydroxylation is 1. The van der Waals surface area contributed by atoms with Gasteiger partial charge in [-0.05, 0) is 72.2 Å². The summed E-state index contributed by atoms with van der Waals surface area (Å²) in [5.74, 6) is -2.25. The molecule has 39 heavy (non-hydrogen) atoms. The third kappa shape index (κ3) is 5.28. The third-order valence-electron chi connectivity index (χ3n) is 7.03.